The molecule has 22 heavy (non-hydrogen) atoms. The normalized spacial score (nSPS) is 10.7. The van der Waals surface area contributed by atoms with Crippen LogP contribution in [0.4, 0.5) is 5.69 Å². The van der Waals surface area contributed by atoms with Crippen molar-refractivity contribution in [2.45, 2.75) is 13.8 Å². The Balaban J connectivity index is 1.92. The third-order valence-corrected chi connectivity index (χ3v) is 3.66. The second kappa shape index (κ2) is 5.73. The summed E-state index contributed by atoms with van der Waals surface area (Å²) in [6.07, 6.45) is 0. The van der Waals surface area contributed by atoms with Crippen molar-refractivity contribution in [3.8, 4) is 0 Å². The van der Waals surface area contributed by atoms with Gasteiger partial charge in [0.15, 0.2) is 0 Å². The van der Waals surface area contributed by atoms with E-state index < -0.39 is 0 Å². The third kappa shape index (κ3) is 2.92. The number of hydrogen-bond acceptors (Lipinski definition) is 3. The number of nitrogens with zero attached hydrogens (tertiary/aromatic N) is 2. The fourth-order valence-electron chi connectivity index (χ4n) is 2.14. The number of carbonyl (C=O) groups excluding carboxylic acids is 1. The van der Waals surface area contributed by atoms with Gasteiger partial charge in [0, 0.05) is 16.3 Å². The van der Waals surface area contributed by atoms with E-state index in [9.17, 15) is 4.79 Å². The zero-order valence-corrected chi connectivity index (χ0v) is 13.0. The summed E-state index contributed by atoms with van der Waals surface area (Å²) in [7, 11) is 0. The summed E-state index contributed by atoms with van der Waals surface area (Å²) in [6, 6.07) is 12.3. The molecule has 2 aromatic carbocycles. The first-order valence-corrected chi connectivity index (χ1v) is 7.22. The van der Waals surface area contributed by atoms with Gasteiger partial charge in [0.1, 0.15) is 0 Å². The Bertz CT molecular complexity index is 877. The quantitative estimate of drug-likeness (QED) is 0.773. The van der Waals surface area contributed by atoms with Crippen LogP contribution in [0, 0.1) is 13.8 Å². The average molecular weight is 312 g/mol. The van der Waals surface area contributed by atoms with E-state index in [1.54, 1.807) is 36.4 Å². The van der Waals surface area contributed by atoms with Crippen LogP contribution in [0.2, 0.25) is 5.02 Å². The molecule has 1 amide bonds. The average Bonchev–Trinajstić information content (AvgIpc) is 2.48. The number of benzene rings is 2. The molecule has 0 radical (unpaired) electrons. The van der Waals surface area contributed by atoms with Crippen LogP contribution >= 0.6 is 11.6 Å². The highest BCUT2D eigenvalue weighted by molar-refractivity contribution is 6.31. The van der Waals surface area contributed by atoms with E-state index in [4.69, 9.17) is 11.6 Å². The Morgan fingerprint density at radius 1 is 1.00 bits per heavy atom. The molecule has 0 aliphatic rings. The smallest absolute Gasteiger partial charge is 0.255 e. The number of carbonyl (C=O) groups is 1. The van der Waals surface area contributed by atoms with E-state index >= 15 is 0 Å². The Morgan fingerprint density at radius 2 is 1.73 bits per heavy atom. The number of nitrogens with one attached hydrogen (secondary N) is 1. The molecule has 0 aliphatic carbocycles. The van der Waals surface area contributed by atoms with Crippen molar-refractivity contribution in [1.29, 1.82) is 0 Å². The van der Waals surface area contributed by atoms with Crippen molar-refractivity contribution in [1.82, 2.24) is 9.97 Å². The molecule has 110 valence electrons. The Morgan fingerprint density at radius 3 is 2.45 bits per heavy atom. The molecule has 0 bridgehead atoms. The van der Waals surface area contributed by atoms with E-state index in [-0.39, 0.29) is 5.91 Å². The molecule has 0 spiro atoms. The molecule has 0 fully saturated rings. The minimum absolute atomic E-state index is 0.204. The first kappa shape index (κ1) is 14.5. The van der Waals surface area contributed by atoms with Crippen molar-refractivity contribution in [2.75, 3.05) is 5.32 Å². The number of halogens is 1. The van der Waals surface area contributed by atoms with Gasteiger partial charge in [-0.1, -0.05) is 17.7 Å². The van der Waals surface area contributed by atoms with E-state index in [1.807, 2.05) is 19.9 Å². The van der Waals surface area contributed by atoms with Gasteiger partial charge in [0.05, 0.1) is 22.4 Å². The molecule has 0 atom stereocenters. The maximum atomic E-state index is 12.3. The summed E-state index contributed by atoms with van der Waals surface area (Å²) in [5.74, 6) is -0.204. The summed E-state index contributed by atoms with van der Waals surface area (Å²) in [4.78, 5) is 21.3. The second-order valence-corrected chi connectivity index (χ2v) is 5.50. The number of amides is 1. The molecule has 1 aromatic heterocycles. The molecule has 1 heterocycles. The lowest BCUT2D eigenvalue weighted by Gasteiger charge is -2.07. The minimum atomic E-state index is -0.204. The fourth-order valence-corrected chi connectivity index (χ4v) is 2.33. The van der Waals surface area contributed by atoms with Gasteiger partial charge in [-0.25, -0.2) is 9.97 Å². The molecule has 3 rings (SSSR count). The van der Waals surface area contributed by atoms with E-state index in [1.165, 1.54) is 0 Å². The molecule has 0 unspecified atom stereocenters. The van der Waals surface area contributed by atoms with Gasteiger partial charge in [-0.15, -0.1) is 0 Å². The number of aryl methyl sites for hydroxylation is 2. The molecule has 3 aromatic rings. The minimum Gasteiger partial charge on any atom is -0.322 e. The van der Waals surface area contributed by atoms with E-state index in [0.717, 1.165) is 16.9 Å². The van der Waals surface area contributed by atoms with Crippen LogP contribution in [-0.2, 0) is 0 Å². The van der Waals surface area contributed by atoms with E-state index in [0.29, 0.717) is 21.8 Å². The summed E-state index contributed by atoms with van der Waals surface area (Å²) in [6.45, 7) is 3.82. The first-order valence-electron chi connectivity index (χ1n) is 6.85. The van der Waals surface area contributed by atoms with Crippen molar-refractivity contribution in [2.24, 2.45) is 0 Å². The van der Waals surface area contributed by atoms with Crippen molar-refractivity contribution >= 4 is 34.2 Å². The van der Waals surface area contributed by atoms with Crippen molar-refractivity contribution < 1.29 is 4.79 Å². The molecular weight excluding hydrogens is 298 g/mol. The van der Waals surface area contributed by atoms with Gasteiger partial charge in [0.2, 0.25) is 0 Å². The predicted octanol–water partition coefficient (Wildman–Crippen LogP) is 4.15. The Labute approximate surface area is 133 Å². The Hall–Kier alpha value is -2.46. The summed E-state index contributed by atoms with van der Waals surface area (Å²) in [5.41, 5.74) is 4.43. The lowest BCUT2D eigenvalue weighted by atomic mass is 10.1. The van der Waals surface area contributed by atoms with E-state index in [2.05, 4.69) is 15.3 Å². The number of aromatic nitrogens is 2. The van der Waals surface area contributed by atoms with Gasteiger partial charge in [-0.2, -0.15) is 0 Å². The maximum Gasteiger partial charge on any atom is 0.255 e. The van der Waals surface area contributed by atoms with Crippen LogP contribution in [0.3, 0.4) is 0 Å². The summed E-state index contributed by atoms with van der Waals surface area (Å²) in [5, 5.41) is 3.40. The fraction of sp³-hybridized carbons (Fsp3) is 0.118. The zero-order valence-electron chi connectivity index (χ0n) is 12.2. The lowest BCUT2D eigenvalue weighted by molar-refractivity contribution is 0.102. The zero-order chi connectivity index (χ0) is 15.7. The number of rotatable bonds is 2. The lowest BCUT2D eigenvalue weighted by Crippen LogP contribution is -2.12. The highest BCUT2D eigenvalue weighted by Gasteiger charge is 2.09. The number of hydrogen-bond donors (Lipinski definition) is 1. The molecule has 4 nitrogen and oxygen atoms in total. The van der Waals surface area contributed by atoms with Crippen LogP contribution in [0.15, 0.2) is 42.5 Å². The van der Waals surface area contributed by atoms with Crippen molar-refractivity contribution in [3.05, 3.63) is 64.4 Å². The van der Waals surface area contributed by atoms with Crippen LogP contribution < -0.4 is 5.32 Å². The standard InChI is InChI=1S/C17H14ClN3O/c1-10-11(2)20-16-8-12(6-7-15(16)19-10)17(22)21-14-5-3-4-13(18)9-14/h3-9H,1-2H3,(H,21,22). The van der Waals surface area contributed by atoms with Gasteiger partial charge in [-0.3, -0.25) is 4.79 Å². The monoisotopic (exact) mass is 311 g/mol. The topological polar surface area (TPSA) is 54.9 Å². The first-order chi connectivity index (χ1) is 10.5. The van der Waals surface area contributed by atoms with Gasteiger partial charge in [-0.05, 0) is 50.2 Å². The largest absolute Gasteiger partial charge is 0.322 e. The van der Waals surface area contributed by atoms with Gasteiger partial charge >= 0.3 is 0 Å². The molecule has 0 saturated carbocycles. The molecular formula is C17H14ClN3O. The Kier molecular flexibility index (Phi) is 3.77. The summed E-state index contributed by atoms with van der Waals surface area (Å²) >= 11 is 5.92. The third-order valence-electron chi connectivity index (χ3n) is 3.42. The van der Waals surface area contributed by atoms with Gasteiger partial charge < -0.3 is 5.32 Å². The van der Waals surface area contributed by atoms with Crippen LogP contribution in [0.25, 0.3) is 11.0 Å². The number of fused-ring (bicyclic) bond motifs is 1. The van der Waals surface area contributed by atoms with Gasteiger partial charge in [0.25, 0.3) is 5.91 Å². The van der Waals surface area contributed by atoms with Crippen molar-refractivity contribution in [3.63, 3.8) is 0 Å². The number of anilines is 1. The van der Waals surface area contributed by atoms with Crippen LogP contribution in [0.1, 0.15) is 21.7 Å². The molecule has 0 saturated heterocycles. The second-order valence-electron chi connectivity index (χ2n) is 5.06. The van der Waals surface area contributed by atoms with Crippen LogP contribution in [-0.4, -0.2) is 15.9 Å². The van der Waals surface area contributed by atoms with Crippen LogP contribution in [0.5, 0.6) is 0 Å². The summed E-state index contributed by atoms with van der Waals surface area (Å²) < 4.78 is 0. The molecule has 5 heteroatoms. The highest BCUT2D eigenvalue weighted by Crippen LogP contribution is 2.18. The predicted molar refractivity (Wildman–Crippen MR) is 88.4 cm³/mol. The molecule has 1 N–H and O–H groups in total. The SMILES string of the molecule is Cc1nc2ccc(C(=O)Nc3cccc(Cl)c3)cc2nc1C. The molecule has 0 aliphatic heterocycles. The maximum absolute atomic E-state index is 12.3. The highest BCUT2D eigenvalue weighted by atomic mass is 35.5.